The van der Waals surface area contributed by atoms with Gasteiger partial charge in [-0.15, -0.1) is 11.3 Å². The molecule has 3 aromatic rings. The van der Waals surface area contributed by atoms with Crippen molar-refractivity contribution in [3.05, 3.63) is 70.6 Å². The Hall–Kier alpha value is -2.63. The van der Waals surface area contributed by atoms with Gasteiger partial charge in [0.25, 0.3) is 0 Å². The van der Waals surface area contributed by atoms with E-state index < -0.39 is 0 Å². The highest BCUT2D eigenvalue weighted by molar-refractivity contribution is 7.14. The highest BCUT2D eigenvalue weighted by Crippen LogP contribution is 2.26. The topological polar surface area (TPSA) is 51.2 Å². The number of nitrogens with zero attached hydrogens (tertiary/aromatic N) is 1. The quantitative estimate of drug-likeness (QED) is 0.570. The van der Waals surface area contributed by atoms with Crippen LogP contribution in [0.2, 0.25) is 5.02 Å². The molecule has 0 fully saturated rings. The fourth-order valence-electron chi connectivity index (χ4n) is 2.25. The zero-order valence-corrected chi connectivity index (χ0v) is 15.7. The van der Waals surface area contributed by atoms with Crippen molar-refractivity contribution in [1.29, 1.82) is 0 Å². The van der Waals surface area contributed by atoms with E-state index in [9.17, 15) is 4.79 Å². The number of rotatable bonds is 6. The summed E-state index contributed by atoms with van der Waals surface area (Å²) in [6.07, 6.45) is 3.23. The summed E-state index contributed by atoms with van der Waals surface area (Å²) in [5.74, 6) is 0.586. The summed E-state index contributed by atoms with van der Waals surface area (Å²) in [7, 11) is 0. The molecule has 1 amide bonds. The van der Waals surface area contributed by atoms with Crippen LogP contribution in [0.4, 0.5) is 5.13 Å². The van der Waals surface area contributed by atoms with E-state index in [0.717, 1.165) is 22.6 Å². The zero-order chi connectivity index (χ0) is 18.4. The summed E-state index contributed by atoms with van der Waals surface area (Å²) in [6.45, 7) is 2.57. The van der Waals surface area contributed by atoms with Gasteiger partial charge in [-0.05, 0) is 42.8 Å². The summed E-state index contributed by atoms with van der Waals surface area (Å²) in [5, 5.41) is 5.90. The Balaban J connectivity index is 1.60. The predicted octanol–water partition coefficient (Wildman–Crippen LogP) is 5.51. The Kier molecular flexibility index (Phi) is 6.04. The Morgan fingerprint density at radius 1 is 1.19 bits per heavy atom. The number of carbonyl (C=O) groups excluding carboxylic acids is 1. The van der Waals surface area contributed by atoms with Crippen LogP contribution in [0.25, 0.3) is 17.3 Å². The fraction of sp³-hybridized carbons (Fsp3) is 0.100. The van der Waals surface area contributed by atoms with Crippen molar-refractivity contribution in [3.8, 4) is 17.0 Å². The number of ether oxygens (including phenoxy) is 1. The maximum Gasteiger partial charge on any atom is 0.250 e. The third kappa shape index (κ3) is 4.94. The first-order chi connectivity index (χ1) is 12.6. The highest BCUT2D eigenvalue weighted by Gasteiger charge is 2.06. The van der Waals surface area contributed by atoms with Gasteiger partial charge in [0.15, 0.2) is 5.13 Å². The van der Waals surface area contributed by atoms with Gasteiger partial charge in [0.05, 0.1) is 12.3 Å². The number of amides is 1. The molecule has 6 heteroatoms. The summed E-state index contributed by atoms with van der Waals surface area (Å²) >= 11 is 7.27. The number of aromatic nitrogens is 1. The van der Waals surface area contributed by atoms with Crippen molar-refractivity contribution >= 4 is 40.1 Å². The van der Waals surface area contributed by atoms with Crippen LogP contribution in [0.3, 0.4) is 0 Å². The number of carbonyl (C=O) groups is 1. The van der Waals surface area contributed by atoms with E-state index in [1.807, 2.05) is 60.8 Å². The zero-order valence-electron chi connectivity index (χ0n) is 14.1. The van der Waals surface area contributed by atoms with Crippen molar-refractivity contribution in [1.82, 2.24) is 4.98 Å². The van der Waals surface area contributed by atoms with Crippen LogP contribution >= 0.6 is 22.9 Å². The molecule has 0 saturated heterocycles. The lowest BCUT2D eigenvalue weighted by Gasteiger charge is -2.02. The minimum Gasteiger partial charge on any atom is -0.494 e. The molecule has 1 aromatic heterocycles. The van der Waals surface area contributed by atoms with Gasteiger partial charge in [0, 0.05) is 22.0 Å². The van der Waals surface area contributed by atoms with E-state index in [2.05, 4.69) is 10.3 Å². The van der Waals surface area contributed by atoms with Crippen LogP contribution in [0, 0.1) is 0 Å². The fourth-order valence-corrected chi connectivity index (χ4v) is 3.09. The van der Waals surface area contributed by atoms with Crippen molar-refractivity contribution < 1.29 is 9.53 Å². The number of anilines is 1. The molecular weight excluding hydrogens is 368 g/mol. The number of thiazole rings is 1. The molecule has 0 aliphatic rings. The molecule has 1 N–H and O–H groups in total. The van der Waals surface area contributed by atoms with Gasteiger partial charge >= 0.3 is 0 Å². The molecule has 132 valence electrons. The van der Waals surface area contributed by atoms with Crippen molar-refractivity contribution in [2.45, 2.75) is 6.92 Å². The van der Waals surface area contributed by atoms with Gasteiger partial charge < -0.3 is 4.74 Å². The first-order valence-electron chi connectivity index (χ1n) is 8.07. The minimum absolute atomic E-state index is 0.226. The molecule has 0 radical (unpaired) electrons. The molecule has 0 saturated carbocycles. The lowest BCUT2D eigenvalue weighted by molar-refractivity contribution is -0.111. The Bertz CT molecular complexity index is 902. The first-order valence-corrected chi connectivity index (χ1v) is 9.33. The summed E-state index contributed by atoms with van der Waals surface area (Å²) in [5.41, 5.74) is 2.68. The molecule has 0 spiro atoms. The van der Waals surface area contributed by atoms with Gasteiger partial charge in [-0.3, -0.25) is 10.1 Å². The molecule has 3 rings (SSSR count). The van der Waals surface area contributed by atoms with E-state index in [-0.39, 0.29) is 5.91 Å². The number of halogens is 1. The van der Waals surface area contributed by atoms with Gasteiger partial charge in [0.1, 0.15) is 5.75 Å². The second kappa shape index (κ2) is 8.65. The van der Waals surface area contributed by atoms with Gasteiger partial charge in [-0.1, -0.05) is 35.9 Å². The third-order valence-corrected chi connectivity index (χ3v) is 4.50. The van der Waals surface area contributed by atoms with Gasteiger partial charge in [-0.25, -0.2) is 4.98 Å². The molecule has 0 bridgehead atoms. The lowest BCUT2D eigenvalue weighted by Crippen LogP contribution is -2.07. The minimum atomic E-state index is -0.226. The normalized spacial score (nSPS) is 10.8. The number of hydrogen-bond acceptors (Lipinski definition) is 4. The SMILES string of the molecule is CCOc1ccc(C=CC(=O)Nc2nc(-c3ccc(Cl)cc3)cs2)cc1. The van der Waals surface area contributed by atoms with Crippen LogP contribution in [0.15, 0.2) is 60.0 Å². The average molecular weight is 385 g/mol. The Morgan fingerprint density at radius 3 is 2.62 bits per heavy atom. The van der Waals surface area contributed by atoms with E-state index in [0.29, 0.717) is 16.8 Å². The van der Waals surface area contributed by atoms with E-state index in [4.69, 9.17) is 16.3 Å². The van der Waals surface area contributed by atoms with Crippen molar-refractivity contribution in [2.75, 3.05) is 11.9 Å². The largest absolute Gasteiger partial charge is 0.494 e. The lowest BCUT2D eigenvalue weighted by atomic mass is 10.2. The molecule has 0 unspecified atom stereocenters. The average Bonchev–Trinajstić information content (AvgIpc) is 3.10. The predicted molar refractivity (Wildman–Crippen MR) is 108 cm³/mol. The van der Waals surface area contributed by atoms with Crippen LogP contribution in [0.5, 0.6) is 5.75 Å². The molecule has 1 heterocycles. The Morgan fingerprint density at radius 2 is 1.92 bits per heavy atom. The molecule has 4 nitrogen and oxygen atoms in total. The first kappa shape index (κ1) is 18.2. The number of hydrogen-bond donors (Lipinski definition) is 1. The molecule has 0 atom stereocenters. The van der Waals surface area contributed by atoms with E-state index in [1.54, 1.807) is 6.08 Å². The van der Waals surface area contributed by atoms with Crippen LogP contribution in [-0.2, 0) is 4.79 Å². The van der Waals surface area contributed by atoms with Gasteiger partial charge in [-0.2, -0.15) is 0 Å². The number of nitrogens with one attached hydrogen (secondary N) is 1. The second-order valence-corrected chi connectivity index (χ2v) is 6.66. The van der Waals surface area contributed by atoms with Gasteiger partial charge in [0.2, 0.25) is 5.91 Å². The summed E-state index contributed by atoms with van der Waals surface area (Å²) < 4.78 is 5.39. The highest BCUT2D eigenvalue weighted by atomic mass is 35.5. The molecule has 2 aromatic carbocycles. The van der Waals surface area contributed by atoms with Crippen molar-refractivity contribution in [3.63, 3.8) is 0 Å². The van der Waals surface area contributed by atoms with Crippen LogP contribution in [0.1, 0.15) is 12.5 Å². The maximum absolute atomic E-state index is 12.1. The smallest absolute Gasteiger partial charge is 0.250 e. The number of benzene rings is 2. The molecule has 26 heavy (non-hydrogen) atoms. The molecule has 0 aliphatic carbocycles. The summed E-state index contributed by atoms with van der Waals surface area (Å²) in [4.78, 5) is 16.5. The summed E-state index contributed by atoms with van der Waals surface area (Å²) in [6, 6.07) is 15.0. The monoisotopic (exact) mass is 384 g/mol. The standard InChI is InChI=1S/C20H17ClN2O2S/c1-2-25-17-10-3-14(4-11-17)5-12-19(24)23-20-22-18(13-26-20)15-6-8-16(21)9-7-15/h3-13H,2H2,1H3,(H,22,23,24). The maximum atomic E-state index is 12.1. The van der Waals surface area contributed by atoms with Crippen LogP contribution in [-0.4, -0.2) is 17.5 Å². The third-order valence-electron chi connectivity index (χ3n) is 3.49. The van der Waals surface area contributed by atoms with Crippen molar-refractivity contribution in [2.24, 2.45) is 0 Å². The van der Waals surface area contributed by atoms with E-state index in [1.165, 1.54) is 17.4 Å². The molecular formula is C20H17ClN2O2S. The molecule has 0 aliphatic heterocycles. The second-order valence-electron chi connectivity index (χ2n) is 5.37. The van der Waals surface area contributed by atoms with E-state index >= 15 is 0 Å². The van der Waals surface area contributed by atoms with Crippen LogP contribution < -0.4 is 10.1 Å². The Labute approximate surface area is 161 Å².